The number of methoxy groups -OCH3 is 1. The number of hydrogen-bond donors (Lipinski definition) is 1. The van der Waals surface area contributed by atoms with Crippen LogP contribution in [0.4, 0.5) is 0 Å². The molecule has 2 aliphatic rings. The lowest BCUT2D eigenvalue weighted by molar-refractivity contribution is 0.118. The van der Waals surface area contributed by atoms with Gasteiger partial charge in [0.15, 0.2) is 0 Å². The van der Waals surface area contributed by atoms with Crippen LogP contribution in [0.15, 0.2) is 0 Å². The Morgan fingerprint density at radius 1 is 1.25 bits per heavy atom. The second-order valence-electron chi connectivity index (χ2n) is 6.07. The molecule has 0 aromatic rings. The number of nitrogens with one attached hydrogen (secondary N) is 1. The lowest BCUT2D eigenvalue weighted by Crippen LogP contribution is -2.42. The van der Waals surface area contributed by atoms with Gasteiger partial charge in [-0.25, -0.2) is 12.7 Å². The minimum absolute atomic E-state index is 0.291. The molecule has 0 aromatic heterocycles. The lowest BCUT2D eigenvalue weighted by atomic mass is 10.0. The molecular formula is C14H28N2O3S. The molecule has 0 bridgehead atoms. The molecule has 0 spiro atoms. The minimum Gasteiger partial charge on any atom is -0.384 e. The van der Waals surface area contributed by atoms with E-state index in [1.807, 2.05) is 0 Å². The summed E-state index contributed by atoms with van der Waals surface area (Å²) in [5.74, 6) is 0.652. The van der Waals surface area contributed by atoms with Gasteiger partial charge in [0.05, 0.1) is 12.4 Å². The molecule has 5 nitrogen and oxygen atoms in total. The molecule has 1 atom stereocenters. The van der Waals surface area contributed by atoms with E-state index >= 15 is 0 Å². The SMILES string of the molecule is COCC1CCCN(S(=O)(=O)CCCCNC2CC2)C1. The van der Waals surface area contributed by atoms with Crippen molar-refractivity contribution in [3.8, 4) is 0 Å². The predicted octanol–water partition coefficient (Wildman–Crippen LogP) is 1.21. The normalized spacial score (nSPS) is 24.9. The molecule has 1 N–H and O–H groups in total. The minimum atomic E-state index is -3.07. The van der Waals surface area contributed by atoms with Crippen molar-refractivity contribution in [2.75, 3.05) is 39.1 Å². The molecule has 20 heavy (non-hydrogen) atoms. The third kappa shape index (κ3) is 5.31. The Hall–Kier alpha value is -0.170. The Morgan fingerprint density at radius 2 is 2.05 bits per heavy atom. The van der Waals surface area contributed by atoms with E-state index in [1.165, 1.54) is 12.8 Å². The van der Waals surface area contributed by atoms with Crippen molar-refractivity contribution in [1.29, 1.82) is 0 Å². The highest BCUT2D eigenvalue weighted by Gasteiger charge is 2.28. The largest absolute Gasteiger partial charge is 0.384 e. The number of sulfonamides is 1. The highest BCUT2D eigenvalue weighted by atomic mass is 32.2. The second-order valence-corrected chi connectivity index (χ2v) is 8.16. The van der Waals surface area contributed by atoms with Crippen molar-refractivity contribution in [2.24, 2.45) is 5.92 Å². The maximum atomic E-state index is 12.3. The Bertz CT molecular complexity index is 380. The smallest absolute Gasteiger partial charge is 0.214 e. The van der Waals surface area contributed by atoms with Crippen molar-refractivity contribution < 1.29 is 13.2 Å². The Balaban J connectivity index is 1.67. The highest BCUT2D eigenvalue weighted by molar-refractivity contribution is 7.89. The number of nitrogens with zero attached hydrogens (tertiary/aromatic N) is 1. The van der Waals surface area contributed by atoms with E-state index < -0.39 is 10.0 Å². The van der Waals surface area contributed by atoms with E-state index in [1.54, 1.807) is 11.4 Å². The van der Waals surface area contributed by atoms with Crippen LogP contribution in [-0.2, 0) is 14.8 Å². The maximum absolute atomic E-state index is 12.3. The van der Waals surface area contributed by atoms with Gasteiger partial charge in [0.2, 0.25) is 10.0 Å². The van der Waals surface area contributed by atoms with Crippen molar-refractivity contribution in [3.63, 3.8) is 0 Å². The van der Waals surface area contributed by atoms with Gasteiger partial charge in [-0.15, -0.1) is 0 Å². The number of ether oxygens (including phenoxy) is 1. The van der Waals surface area contributed by atoms with E-state index in [4.69, 9.17) is 4.74 Å². The molecule has 1 unspecified atom stereocenters. The second kappa shape index (κ2) is 7.73. The fourth-order valence-corrected chi connectivity index (χ4v) is 4.46. The number of hydrogen-bond acceptors (Lipinski definition) is 4. The first-order chi connectivity index (χ1) is 9.62. The third-order valence-electron chi connectivity index (χ3n) is 4.12. The van der Waals surface area contributed by atoms with Crippen LogP contribution in [-0.4, -0.2) is 57.9 Å². The molecule has 1 heterocycles. The van der Waals surface area contributed by atoms with Crippen molar-refractivity contribution in [2.45, 2.75) is 44.6 Å². The Labute approximate surface area is 123 Å². The summed E-state index contributed by atoms with van der Waals surface area (Å²) in [6.45, 7) is 2.93. The molecule has 0 radical (unpaired) electrons. The summed E-state index contributed by atoms with van der Waals surface area (Å²) in [5, 5.41) is 3.42. The summed E-state index contributed by atoms with van der Waals surface area (Å²) in [6.07, 6.45) is 6.31. The lowest BCUT2D eigenvalue weighted by Gasteiger charge is -2.31. The molecular weight excluding hydrogens is 276 g/mol. The first-order valence-electron chi connectivity index (χ1n) is 7.82. The van der Waals surface area contributed by atoms with Gasteiger partial charge in [-0.2, -0.15) is 0 Å². The van der Waals surface area contributed by atoms with E-state index in [2.05, 4.69) is 5.32 Å². The van der Waals surface area contributed by atoms with E-state index in [9.17, 15) is 8.42 Å². The molecule has 118 valence electrons. The van der Waals surface area contributed by atoms with Crippen LogP contribution < -0.4 is 5.32 Å². The van der Waals surface area contributed by atoms with Gasteiger partial charge in [0, 0.05) is 26.2 Å². The van der Waals surface area contributed by atoms with Gasteiger partial charge in [-0.3, -0.25) is 0 Å². The van der Waals surface area contributed by atoms with Crippen molar-refractivity contribution >= 4 is 10.0 Å². The molecule has 2 fully saturated rings. The topological polar surface area (TPSA) is 58.6 Å². The fourth-order valence-electron chi connectivity index (χ4n) is 2.78. The molecule has 1 aliphatic heterocycles. The quantitative estimate of drug-likeness (QED) is 0.651. The number of unbranched alkanes of at least 4 members (excludes halogenated alkanes) is 1. The predicted molar refractivity (Wildman–Crippen MR) is 80.2 cm³/mol. The summed E-state index contributed by atoms with van der Waals surface area (Å²) < 4.78 is 31.4. The van der Waals surface area contributed by atoms with Gasteiger partial charge >= 0.3 is 0 Å². The van der Waals surface area contributed by atoms with Gasteiger partial charge in [0.25, 0.3) is 0 Å². The highest BCUT2D eigenvalue weighted by Crippen LogP contribution is 2.20. The number of rotatable bonds is 9. The summed E-state index contributed by atoms with van der Waals surface area (Å²) in [6, 6.07) is 0.712. The van der Waals surface area contributed by atoms with Crippen LogP contribution in [0.1, 0.15) is 38.5 Å². The zero-order chi connectivity index (χ0) is 14.4. The van der Waals surface area contributed by atoms with E-state index in [-0.39, 0.29) is 0 Å². The average Bonchev–Trinajstić information content (AvgIpc) is 3.23. The van der Waals surface area contributed by atoms with Crippen molar-refractivity contribution in [1.82, 2.24) is 9.62 Å². The summed E-state index contributed by atoms with van der Waals surface area (Å²) >= 11 is 0. The third-order valence-corrected chi connectivity index (χ3v) is 6.04. The molecule has 6 heteroatoms. The molecule has 1 saturated heterocycles. The molecule has 0 amide bonds. The van der Waals surface area contributed by atoms with Gasteiger partial charge in [-0.1, -0.05) is 0 Å². The zero-order valence-electron chi connectivity index (χ0n) is 12.5. The standard InChI is InChI=1S/C14H28N2O3S/c1-19-12-13-5-4-9-16(11-13)20(17,18)10-3-2-8-15-14-6-7-14/h13-15H,2-12H2,1H3. The zero-order valence-corrected chi connectivity index (χ0v) is 13.3. The first kappa shape index (κ1) is 16.2. The number of piperidine rings is 1. The van der Waals surface area contributed by atoms with Gasteiger partial charge in [0.1, 0.15) is 0 Å². The van der Waals surface area contributed by atoms with Crippen LogP contribution in [0.2, 0.25) is 0 Å². The van der Waals surface area contributed by atoms with E-state index in [0.717, 1.165) is 32.2 Å². The fraction of sp³-hybridized carbons (Fsp3) is 1.00. The first-order valence-corrected chi connectivity index (χ1v) is 9.43. The van der Waals surface area contributed by atoms with Crippen molar-refractivity contribution in [3.05, 3.63) is 0 Å². The maximum Gasteiger partial charge on any atom is 0.214 e. The average molecular weight is 304 g/mol. The Morgan fingerprint density at radius 3 is 2.75 bits per heavy atom. The van der Waals surface area contributed by atoms with E-state index in [0.29, 0.717) is 37.4 Å². The molecule has 1 aliphatic carbocycles. The Kier molecular flexibility index (Phi) is 6.26. The van der Waals surface area contributed by atoms with Crippen LogP contribution in [0.25, 0.3) is 0 Å². The summed E-state index contributed by atoms with van der Waals surface area (Å²) in [5.41, 5.74) is 0. The molecule has 2 rings (SSSR count). The van der Waals surface area contributed by atoms with Crippen LogP contribution >= 0.6 is 0 Å². The van der Waals surface area contributed by atoms with Crippen LogP contribution in [0, 0.1) is 5.92 Å². The van der Waals surface area contributed by atoms with Gasteiger partial charge < -0.3 is 10.1 Å². The molecule has 1 saturated carbocycles. The van der Waals surface area contributed by atoms with Gasteiger partial charge in [-0.05, 0) is 51.0 Å². The van der Waals surface area contributed by atoms with Crippen LogP contribution in [0.5, 0.6) is 0 Å². The van der Waals surface area contributed by atoms with Crippen LogP contribution in [0.3, 0.4) is 0 Å². The monoisotopic (exact) mass is 304 g/mol. The summed E-state index contributed by atoms with van der Waals surface area (Å²) in [7, 11) is -1.39. The molecule has 0 aromatic carbocycles. The summed E-state index contributed by atoms with van der Waals surface area (Å²) in [4.78, 5) is 0.